The van der Waals surface area contributed by atoms with Crippen molar-refractivity contribution in [3.05, 3.63) is 0 Å². The molecule has 1 fully saturated rings. The molecule has 1 saturated heterocycles. The first kappa shape index (κ1) is 13.0. The molecule has 1 aliphatic rings. The molecule has 1 aliphatic heterocycles. The normalized spacial score (nSPS) is 20.7. The summed E-state index contributed by atoms with van der Waals surface area (Å²) < 4.78 is 10.3. The minimum atomic E-state index is -0.393. The second-order valence-corrected chi connectivity index (χ2v) is 4.89. The summed E-state index contributed by atoms with van der Waals surface area (Å²) in [5.74, 6) is -0.372. The lowest BCUT2D eigenvalue weighted by atomic mass is 10.2. The predicted octanol–water partition coefficient (Wildman–Crippen LogP) is 0.623. The number of hydrogen-bond acceptors (Lipinski definition) is 4. The van der Waals surface area contributed by atoms with Gasteiger partial charge in [0.15, 0.2) is 0 Å². The highest BCUT2D eigenvalue weighted by Crippen LogP contribution is 2.08. The molecule has 16 heavy (non-hydrogen) atoms. The molecule has 5 heteroatoms. The lowest BCUT2D eigenvalue weighted by Gasteiger charge is -2.19. The van der Waals surface area contributed by atoms with Crippen LogP contribution in [0.3, 0.4) is 0 Å². The average Bonchev–Trinajstić information content (AvgIpc) is 2.57. The van der Waals surface area contributed by atoms with Crippen molar-refractivity contribution < 1.29 is 19.1 Å². The molecule has 0 aliphatic carbocycles. The Bertz CT molecular complexity index is 270. The molecule has 1 heterocycles. The fourth-order valence-electron chi connectivity index (χ4n) is 1.31. The van der Waals surface area contributed by atoms with Crippen molar-refractivity contribution >= 4 is 11.9 Å². The van der Waals surface area contributed by atoms with Gasteiger partial charge in [0.1, 0.15) is 13.2 Å². The molecule has 1 rings (SSSR count). The highest BCUT2D eigenvalue weighted by molar-refractivity contribution is 5.78. The third kappa shape index (κ3) is 5.11. The fraction of sp³-hybridized carbons (Fsp3) is 0.818. The minimum Gasteiger partial charge on any atom is -0.462 e. The molecule has 5 nitrogen and oxygen atoms in total. The third-order valence-electron chi connectivity index (χ3n) is 2.15. The van der Waals surface area contributed by atoms with Gasteiger partial charge in [-0.1, -0.05) is 0 Å². The van der Waals surface area contributed by atoms with Crippen molar-refractivity contribution in [2.45, 2.75) is 45.3 Å². The van der Waals surface area contributed by atoms with Gasteiger partial charge in [-0.05, 0) is 27.2 Å². The summed E-state index contributed by atoms with van der Waals surface area (Å²) in [6.07, 6.45) is 1.24. The van der Waals surface area contributed by atoms with E-state index in [0.717, 1.165) is 6.42 Å². The number of esters is 1. The van der Waals surface area contributed by atoms with Crippen LogP contribution in [-0.2, 0) is 19.1 Å². The minimum absolute atomic E-state index is 0.0204. The van der Waals surface area contributed by atoms with Crippen molar-refractivity contribution in [1.82, 2.24) is 5.32 Å². The van der Waals surface area contributed by atoms with Gasteiger partial charge in [-0.2, -0.15) is 0 Å². The summed E-state index contributed by atoms with van der Waals surface area (Å²) in [4.78, 5) is 22.1. The molecule has 0 bridgehead atoms. The van der Waals surface area contributed by atoms with E-state index >= 15 is 0 Å². The Morgan fingerprint density at radius 2 is 2.19 bits per heavy atom. The molecule has 1 atom stereocenters. The van der Waals surface area contributed by atoms with Crippen LogP contribution in [0.15, 0.2) is 0 Å². The number of rotatable bonds is 4. The molecule has 0 radical (unpaired) electrons. The van der Waals surface area contributed by atoms with Gasteiger partial charge in [0.05, 0.1) is 11.6 Å². The van der Waals surface area contributed by atoms with Crippen LogP contribution < -0.4 is 5.32 Å². The van der Waals surface area contributed by atoms with Crippen LogP contribution in [0.1, 0.15) is 33.6 Å². The number of nitrogens with one attached hydrogen (secondary N) is 1. The number of carbonyl (C=O) groups excluding carboxylic acids is 2. The highest BCUT2D eigenvalue weighted by atomic mass is 16.6. The van der Waals surface area contributed by atoms with Crippen LogP contribution in [-0.4, -0.2) is 36.7 Å². The quantitative estimate of drug-likeness (QED) is 0.718. The smallest absolute Gasteiger partial charge is 0.332 e. The second-order valence-electron chi connectivity index (χ2n) is 4.89. The largest absolute Gasteiger partial charge is 0.462 e. The van der Waals surface area contributed by atoms with Crippen LogP contribution in [0.2, 0.25) is 0 Å². The zero-order valence-corrected chi connectivity index (χ0v) is 10.0. The average molecular weight is 229 g/mol. The third-order valence-corrected chi connectivity index (χ3v) is 2.15. The molecule has 0 aromatic heterocycles. The number of amides is 1. The Morgan fingerprint density at radius 3 is 2.69 bits per heavy atom. The van der Waals surface area contributed by atoms with Crippen molar-refractivity contribution in [2.24, 2.45) is 0 Å². The van der Waals surface area contributed by atoms with Gasteiger partial charge in [-0.25, -0.2) is 4.79 Å². The highest BCUT2D eigenvalue weighted by Gasteiger charge is 2.22. The molecular formula is C11H19NO4. The van der Waals surface area contributed by atoms with E-state index in [0.29, 0.717) is 6.42 Å². The van der Waals surface area contributed by atoms with E-state index < -0.39 is 5.97 Å². The van der Waals surface area contributed by atoms with Crippen LogP contribution in [0, 0.1) is 0 Å². The standard InChI is InChI=1S/C11H19NO4/c1-11(2,3)16-7-10(14)15-6-8-4-5-9(13)12-8/h8H,4-7H2,1-3H3,(H,12,13). The van der Waals surface area contributed by atoms with Crippen molar-refractivity contribution in [3.8, 4) is 0 Å². The van der Waals surface area contributed by atoms with Gasteiger partial charge in [-0.3, -0.25) is 4.79 Å². The van der Waals surface area contributed by atoms with Crippen molar-refractivity contribution in [3.63, 3.8) is 0 Å². The van der Waals surface area contributed by atoms with Crippen molar-refractivity contribution in [1.29, 1.82) is 0 Å². The van der Waals surface area contributed by atoms with Crippen LogP contribution in [0.4, 0.5) is 0 Å². The van der Waals surface area contributed by atoms with E-state index in [9.17, 15) is 9.59 Å². The molecule has 92 valence electrons. The molecule has 0 aromatic rings. The Kier molecular flexibility index (Phi) is 4.29. The van der Waals surface area contributed by atoms with Crippen molar-refractivity contribution in [2.75, 3.05) is 13.2 Å². The van der Waals surface area contributed by atoms with Crippen LogP contribution in [0.5, 0.6) is 0 Å². The molecule has 0 spiro atoms. The summed E-state index contributed by atoms with van der Waals surface area (Å²) in [5, 5.41) is 2.72. The van der Waals surface area contributed by atoms with Gasteiger partial charge < -0.3 is 14.8 Å². The Morgan fingerprint density at radius 1 is 1.50 bits per heavy atom. The summed E-state index contributed by atoms with van der Waals surface area (Å²) in [5.41, 5.74) is -0.347. The maximum atomic E-state index is 11.3. The Hall–Kier alpha value is -1.10. The Balaban J connectivity index is 2.13. The van der Waals surface area contributed by atoms with E-state index in [-0.39, 0.29) is 30.8 Å². The second kappa shape index (κ2) is 5.30. The number of ether oxygens (including phenoxy) is 2. The first-order valence-corrected chi connectivity index (χ1v) is 5.46. The first-order chi connectivity index (χ1) is 7.37. The molecule has 1 N–H and O–H groups in total. The van der Waals surface area contributed by atoms with Gasteiger partial charge in [0.25, 0.3) is 0 Å². The maximum Gasteiger partial charge on any atom is 0.332 e. The van der Waals surface area contributed by atoms with Gasteiger partial charge in [-0.15, -0.1) is 0 Å². The zero-order valence-electron chi connectivity index (χ0n) is 10.0. The summed E-state index contributed by atoms with van der Waals surface area (Å²) in [7, 11) is 0. The van der Waals surface area contributed by atoms with Gasteiger partial charge in [0.2, 0.25) is 5.91 Å². The first-order valence-electron chi connectivity index (χ1n) is 5.46. The fourth-order valence-corrected chi connectivity index (χ4v) is 1.31. The van der Waals surface area contributed by atoms with Crippen LogP contribution in [0.25, 0.3) is 0 Å². The maximum absolute atomic E-state index is 11.3. The van der Waals surface area contributed by atoms with E-state index in [4.69, 9.17) is 9.47 Å². The topological polar surface area (TPSA) is 64.6 Å². The molecule has 1 unspecified atom stereocenters. The van der Waals surface area contributed by atoms with Gasteiger partial charge in [0, 0.05) is 6.42 Å². The summed E-state index contributed by atoms with van der Waals surface area (Å²) >= 11 is 0. The Labute approximate surface area is 95.5 Å². The van der Waals surface area contributed by atoms with E-state index in [1.165, 1.54) is 0 Å². The van der Waals surface area contributed by atoms with E-state index in [1.807, 2.05) is 20.8 Å². The number of carbonyl (C=O) groups is 2. The lowest BCUT2D eigenvalue weighted by Crippen LogP contribution is -2.32. The summed E-state index contributed by atoms with van der Waals surface area (Å²) in [6.45, 7) is 5.80. The molecular weight excluding hydrogens is 210 g/mol. The predicted molar refractivity (Wildman–Crippen MR) is 57.8 cm³/mol. The van der Waals surface area contributed by atoms with Crippen LogP contribution >= 0.6 is 0 Å². The van der Waals surface area contributed by atoms with Gasteiger partial charge >= 0.3 is 5.97 Å². The molecule has 1 amide bonds. The number of hydrogen-bond donors (Lipinski definition) is 1. The van der Waals surface area contributed by atoms with E-state index in [2.05, 4.69) is 5.32 Å². The summed E-state index contributed by atoms with van der Waals surface area (Å²) in [6, 6.07) is -0.0360. The molecule has 0 aromatic carbocycles. The molecule has 0 saturated carbocycles. The zero-order chi connectivity index (χ0) is 12.2. The lowest BCUT2D eigenvalue weighted by molar-refractivity contribution is -0.154. The SMILES string of the molecule is CC(C)(C)OCC(=O)OCC1CCC(=O)N1. The monoisotopic (exact) mass is 229 g/mol. The van der Waals surface area contributed by atoms with E-state index in [1.54, 1.807) is 0 Å².